The van der Waals surface area contributed by atoms with Gasteiger partial charge in [0.1, 0.15) is 6.33 Å². The van der Waals surface area contributed by atoms with Gasteiger partial charge in [0.2, 0.25) is 5.91 Å². The summed E-state index contributed by atoms with van der Waals surface area (Å²) in [4.78, 5) is 15.1. The monoisotopic (exact) mass is 219 g/mol. The summed E-state index contributed by atoms with van der Waals surface area (Å²) in [5, 5.41) is 7.69. The lowest BCUT2D eigenvalue weighted by molar-refractivity contribution is -0.117. The fourth-order valence-electron chi connectivity index (χ4n) is 1.78. The van der Waals surface area contributed by atoms with Crippen LogP contribution >= 0.6 is 0 Å². The number of nitrogens with two attached hydrogens (primary N) is 1. The van der Waals surface area contributed by atoms with Crippen LogP contribution in [0.25, 0.3) is 5.78 Å². The Balaban J connectivity index is 2.46. The van der Waals surface area contributed by atoms with Gasteiger partial charge in [0.05, 0.1) is 0 Å². The first-order valence-corrected chi connectivity index (χ1v) is 5.03. The Morgan fingerprint density at radius 2 is 2.25 bits per heavy atom. The van der Waals surface area contributed by atoms with E-state index < -0.39 is 0 Å². The van der Waals surface area contributed by atoms with Crippen molar-refractivity contribution < 1.29 is 4.79 Å². The van der Waals surface area contributed by atoms with Crippen molar-refractivity contribution in [2.75, 3.05) is 0 Å². The molecule has 0 radical (unpaired) electrons. The minimum Gasteiger partial charge on any atom is -0.370 e. The highest BCUT2D eigenvalue weighted by molar-refractivity contribution is 5.74. The molecule has 0 aliphatic rings. The average molecular weight is 219 g/mol. The molecule has 2 aromatic heterocycles. The maximum absolute atomic E-state index is 10.8. The molecule has 2 aromatic rings. The van der Waals surface area contributed by atoms with Crippen LogP contribution in [0.1, 0.15) is 23.4 Å². The first-order valence-electron chi connectivity index (χ1n) is 5.03. The van der Waals surface area contributed by atoms with Gasteiger partial charge in [0, 0.05) is 17.8 Å². The summed E-state index contributed by atoms with van der Waals surface area (Å²) in [5.74, 6) is 0.278. The summed E-state index contributed by atoms with van der Waals surface area (Å²) >= 11 is 0. The Morgan fingerprint density at radius 1 is 1.50 bits per heavy atom. The van der Waals surface area contributed by atoms with Crippen LogP contribution in [-0.2, 0) is 11.2 Å². The summed E-state index contributed by atoms with van der Waals surface area (Å²) in [7, 11) is 0. The van der Waals surface area contributed by atoms with Gasteiger partial charge in [-0.1, -0.05) is 0 Å². The largest absolute Gasteiger partial charge is 0.370 e. The Hall–Kier alpha value is -1.98. The molecule has 0 saturated heterocycles. The molecule has 0 aliphatic carbocycles. The van der Waals surface area contributed by atoms with Crippen LogP contribution in [0.2, 0.25) is 0 Å². The fraction of sp³-hybridized carbons (Fsp3) is 0.400. The Bertz CT molecular complexity index is 545. The molecule has 6 nitrogen and oxygen atoms in total. The highest BCUT2D eigenvalue weighted by Crippen LogP contribution is 2.14. The van der Waals surface area contributed by atoms with Crippen molar-refractivity contribution in [2.45, 2.75) is 26.7 Å². The van der Waals surface area contributed by atoms with Crippen molar-refractivity contribution in [1.82, 2.24) is 19.6 Å². The van der Waals surface area contributed by atoms with E-state index in [1.54, 1.807) is 6.33 Å². The molecule has 6 heteroatoms. The highest BCUT2D eigenvalue weighted by Gasteiger charge is 2.10. The number of carbonyl (C=O) groups is 1. The zero-order valence-electron chi connectivity index (χ0n) is 9.27. The van der Waals surface area contributed by atoms with Gasteiger partial charge < -0.3 is 5.73 Å². The quantitative estimate of drug-likeness (QED) is 0.796. The minimum atomic E-state index is -0.303. The van der Waals surface area contributed by atoms with E-state index in [2.05, 4.69) is 15.2 Å². The first-order chi connectivity index (χ1) is 7.59. The van der Waals surface area contributed by atoms with E-state index in [-0.39, 0.29) is 5.91 Å². The molecule has 0 aliphatic heterocycles. The van der Waals surface area contributed by atoms with Crippen LogP contribution in [0.3, 0.4) is 0 Å². The van der Waals surface area contributed by atoms with Crippen molar-refractivity contribution in [3.05, 3.63) is 23.3 Å². The van der Waals surface area contributed by atoms with Crippen molar-refractivity contribution in [3.8, 4) is 0 Å². The van der Waals surface area contributed by atoms with Crippen LogP contribution in [0.15, 0.2) is 6.33 Å². The molecule has 0 unspecified atom stereocenters. The lowest BCUT2D eigenvalue weighted by atomic mass is 10.1. The van der Waals surface area contributed by atoms with E-state index in [1.165, 1.54) is 0 Å². The number of hydrogen-bond donors (Lipinski definition) is 1. The number of hydrogen-bond acceptors (Lipinski definition) is 4. The minimum absolute atomic E-state index is 0.303. The van der Waals surface area contributed by atoms with Crippen molar-refractivity contribution in [1.29, 1.82) is 0 Å². The second-order valence-electron chi connectivity index (χ2n) is 3.73. The van der Waals surface area contributed by atoms with Crippen molar-refractivity contribution in [3.63, 3.8) is 0 Å². The Morgan fingerprint density at radius 3 is 2.94 bits per heavy atom. The van der Waals surface area contributed by atoms with Gasteiger partial charge in [-0.05, 0) is 25.8 Å². The fourth-order valence-corrected chi connectivity index (χ4v) is 1.78. The predicted octanol–water partition coefficient (Wildman–Crippen LogP) is 0.159. The van der Waals surface area contributed by atoms with Crippen LogP contribution in [-0.4, -0.2) is 25.5 Å². The predicted molar refractivity (Wildman–Crippen MR) is 57.8 cm³/mol. The first kappa shape index (κ1) is 10.5. The van der Waals surface area contributed by atoms with E-state index in [0.29, 0.717) is 18.6 Å². The molecule has 2 heterocycles. The van der Waals surface area contributed by atoms with E-state index in [4.69, 9.17) is 5.73 Å². The Kier molecular flexibility index (Phi) is 2.55. The van der Waals surface area contributed by atoms with Gasteiger partial charge in [-0.2, -0.15) is 0 Å². The van der Waals surface area contributed by atoms with E-state index in [1.807, 2.05) is 18.2 Å². The van der Waals surface area contributed by atoms with E-state index in [0.717, 1.165) is 17.0 Å². The van der Waals surface area contributed by atoms with Crippen LogP contribution in [0, 0.1) is 13.8 Å². The number of primary amides is 1. The third kappa shape index (κ3) is 1.73. The molecule has 0 aromatic carbocycles. The molecule has 0 bridgehead atoms. The van der Waals surface area contributed by atoms with Gasteiger partial charge in [-0.3, -0.25) is 9.20 Å². The zero-order valence-corrected chi connectivity index (χ0v) is 9.27. The summed E-state index contributed by atoms with van der Waals surface area (Å²) in [6, 6.07) is 0. The number of nitrogens with zero attached hydrogens (tertiary/aromatic N) is 4. The molecular weight excluding hydrogens is 206 g/mol. The van der Waals surface area contributed by atoms with E-state index >= 15 is 0 Å². The molecule has 2 rings (SSSR count). The van der Waals surface area contributed by atoms with Crippen molar-refractivity contribution >= 4 is 11.7 Å². The second-order valence-corrected chi connectivity index (χ2v) is 3.73. The molecule has 16 heavy (non-hydrogen) atoms. The van der Waals surface area contributed by atoms with E-state index in [9.17, 15) is 4.79 Å². The smallest absolute Gasteiger partial charge is 0.255 e. The standard InChI is InChI=1S/C10H13N5O/c1-6-8(3-4-9(11)16)7(2)15-5-12-14-10(15)13-6/h5H,3-4H2,1-2H3,(H2,11,16). The number of carbonyl (C=O) groups excluding carboxylic acids is 1. The summed E-state index contributed by atoms with van der Waals surface area (Å²) in [5.41, 5.74) is 8.06. The molecule has 84 valence electrons. The number of amides is 1. The third-order valence-electron chi connectivity index (χ3n) is 2.65. The summed E-state index contributed by atoms with van der Waals surface area (Å²) in [6.45, 7) is 3.86. The van der Waals surface area contributed by atoms with Crippen LogP contribution < -0.4 is 5.73 Å². The molecule has 0 atom stereocenters. The normalized spacial score (nSPS) is 10.9. The lowest BCUT2D eigenvalue weighted by Gasteiger charge is -2.09. The molecule has 1 amide bonds. The van der Waals surface area contributed by atoms with Gasteiger partial charge in [0.15, 0.2) is 0 Å². The van der Waals surface area contributed by atoms with Gasteiger partial charge >= 0.3 is 0 Å². The highest BCUT2D eigenvalue weighted by atomic mass is 16.1. The third-order valence-corrected chi connectivity index (χ3v) is 2.65. The van der Waals surface area contributed by atoms with Crippen LogP contribution in [0.5, 0.6) is 0 Å². The molecule has 0 saturated carbocycles. The Labute approximate surface area is 92.5 Å². The molecule has 0 fully saturated rings. The lowest BCUT2D eigenvalue weighted by Crippen LogP contribution is -2.13. The summed E-state index contributed by atoms with van der Waals surface area (Å²) < 4.78 is 1.81. The molecule has 2 N–H and O–H groups in total. The maximum atomic E-state index is 10.8. The maximum Gasteiger partial charge on any atom is 0.255 e. The van der Waals surface area contributed by atoms with Gasteiger partial charge in [-0.15, -0.1) is 10.2 Å². The van der Waals surface area contributed by atoms with Gasteiger partial charge in [-0.25, -0.2) is 4.98 Å². The topological polar surface area (TPSA) is 86.2 Å². The SMILES string of the molecule is Cc1nc2nncn2c(C)c1CCC(N)=O. The number of aryl methyl sites for hydroxylation is 2. The second kappa shape index (κ2) is 3.88. The molecular formula is C10H13N5O. The number of fused-ring (bicyclic) bond motifs is 1. The van der Waals surface area contributed by atoms with Crippen LogP contribution in [0.4, 0.5) is 0 Å². The zero-order chi connectivity index (χ0) is 11.7. The van der Waals surface area contributed by atoms with Crippen molar-refractivity contribution in [2.24, 2.45) is 5.73 Å². The number of rotatable bonds is 3. The van der Waals surface area contributed by atoms with Gasteiger partial charge in [0.25, 0.3) is 5.78 Å². The summed E-state index contributed by atoms with van der Waals surface area (Å²) in [6.07, 6.45) is 2.55. The molecule has 0 spiro atoms. The average Bonchev–Trinajstić information content (AvgIpc) is 2.64. The number of aromatic nitrogens is 4.